The number of hydrogen-bond acceptors (Lipinski definition) is 1. The molecule has 0 spiro atoms. The summed E-state index contributed by atoms with van der Waals surface area (Å²) in [5, 5.41) is 8.35. The summed E-state index contributed by atoms with van der Waals surface area (Å²) in [4.78, 5) is 10.1. The average Bonchev–Trinajstić information content (AvgIpc) is 1.64. The number of carboxylic acids is 1. The summed E-state index contributed by atoms with van der Waals surface area (Å²) in [6.45, 7) is 5.52. The molecule has 1 atom stereocenters. The van der Waals surface area contributed by atoms with E-state index in [-0.39, 0.29) is 44.5 Å². The standard InChI is InChI=1S/C6H12O2.Y/c1-4(2)5(3)6(7)8;/h4-5H,1-3H3,(H,7,8);. The molecule has 0 aliphatic heterocycles. The minimum atomic E-state index is -0.708. The molecule has 0 bridgehead atoms. The minimum absolute atomic E-state index is 0. The van der Waals surface area contributed by atoms with E-state index in [2.05, 4.69) is 0 Å². The van der Waals surface area contributed by atoms with Crippen molar-refractivity contribution >= 4 is 5.97 Å². The second-order valence-corrected chi connectivity index (χ2v) is 2.37. The van der Waals surface area contributed by atoms with Gasteiger partial charge in [0.25, 0.3) is 0 Å². The molecule has 0 aromatic rings. The molecule has 0 heterocycles. The smallest absolute Gasteiger partial charge is 0.306 e. The Morgan fingerprint density at radius 1 is 1.33 bits per heavy atom. The first-order chi connectivity index (χ1) is 3.55. The minimum Gasteiger partial charge on any atom is -0.481 e. The fourth-order valence-corrected chi connectivity index (χ4v) is 0.285. The van der Waals surface area contributed by atoms with Crippen molar-refractivity contribution in [3.63, 3.8) is 0 Å². The molecule has 0 saturated carbocycles. The van der Waals surface area contributed by atoms with Gasteiger partial charge >= 0.3 is 5.97 Å². The fraction of sp³-hybridized carbons (Fsp3) is 0.833. The van der Waals surface area contributed by atoms with E-state index in [0.717, 1.165) is 0 Å². The van der Waals surface area contributed by atoms with Crippen molar-refractivity contribution < 1.29 is 42.6 Å². The summed E-state index contributed by atoms with van der Waals surface area (Å²) in [6, 6.07) is 0. The van der Waals surface area contributed by atoms with E-state index in [9.17, 15) is 4.79 Å². The van der Waals surface area contributed by atoms with Crippen LogP contribution >= 0.6 is 0 Å². The molecule has 0 aliphatic rings. The van der Waals surface area contributed by atoms with Crippen LogP contribution in [0.2, 0.25) is 0 Å². The first kappa shape index (κ1) is 12.3. The van der Waals surface area contributed by atoms with E-state index < -0.39 is 5.97 Å². The van der Waals surface area contributed by atoms with Crippen LogP contribution in [0.3, 0.4) is 0 Å². The topological polar surface area (TPSA) is 37.3 Å². The van der Waals surface area contributed by atoms with Crippen molar-refractivity contribution in [1.29, 1.82) is 0 Å². The van der Waals surface area contributed by atoms with Gasteiger partial charge in [-0.2, -0.15) is 0 Å². The van der Waals surface area contributed by atoms with Crippen LogP contribution in [-0.4, -0.2) is 11.1 Å². The summed E-state index contributed by atoms with van der Waals surface area (Å²) >= 11 is 0. The quantitative estimate of drug-likeness (QED) is 0.738. The van der Waals surface area contributed by atoms with Crippen LogP contribution in [0.5, 0.6) is 0 Å². The van der Waals surface area contributed by atoms with Crippen molar-refractivity contribution in [2.75, 3.05) is 0 Å². The summed E-state index contributed by atoms with van der Waals surface area (Å²) < 4.78 is 0. The van der Waals surface area contributed by atoms with E-state index in [1.807, 2.05) is 13.8 Å². The number of hydrogen-bond donors (Lipinski definition) is 1. The molecule has 1 N–H and O–H groups in total. The summed E-state index contributed by atoms with van der Waals surface area (Å²) in [5.74, 6) is -0.678. The SMILES string of the molecule is CC(C)C(C)C(=O)O.[Y]. The summed E-state index contributed by atoms with van der Waals surface area (Å²) in [5.41, 5.74) is 0. The molecule has 0 fully saturated rings. The van der Waals surface area contributed by atoms with Crippen LogP contribution in [-0.2, 0) is 37.5 Å². The van der Waals surface area contributed by atoms with Gasteiger partial charge in [-0.3, -0.25) is 4.79 Å². The molecule has 0 aliphatic carbocycles. The van der Waals surface area contributed by atoms with Crippen molar-refractivity contribution in [1.82, 2.24) is 0 Å². The van der Waals surface area contributed by atoms with Crippen molar-refractivity contribution in [3.8, 4) is 0 Å². The fourth-order valence-electron chi connectivity index (χ4n) is 0.285. The number of aliphatic carboxylic acids is 1. The molecule has 1 unspecified atom stereocenters. The maximum absolute atomic E-state index is 10.1. The van der Waals surface area contributed by atoms with Crippen molar-refractivity contribution in [2.45, 2.75) is 20.8 Å². The van der Waals surface area contributed by atoms with Gasteiger partial charge in [0.15, 0.2) is 0 Å². The molecule has 2 nitrogen and oxygen atoms in total. The molecule has 51 valence electrons. The zero-order valence-corrected chi connectivity index (χ0v) is 8.93. The Kier molecular flexibility index (Phi) is 7.31. The second-order valence-electron chi connectivity index (χ2n) is 2.37. The first-order valence-corrected chi connectivity index (χ1v) is 2.78. The van der Waals surface area contributed by atoms with Gasteiger partial charge in [-0.15, -0.1) is 0 Å². The van der Waals surface area contributed by atoms with Crippen LogP contribution in [0.4, 0.5) is 0 Å². The maximum atomic E-state index is 10.1. The Hall–Kier alpha value is 0.574. The van der Waals surface area contributed by atoms with E-state index in [1.165, 1.54) is 0 Å². The molecule has 0 aromatic heterocycles. The van der Waals surface area contributed by atoms with Crippen LogP contribution in [0.15, 0.2) is 0 Å². The van der Waals surface area contributed by atoms with Crippen LogP contribution < -0.4 is 0 Å². The molecular weight excluding hydrogens is 193 g/mol. The summed E-state index contributed by atoms with van der Waals surface area (Å²) in [6.07, 6.45) is 0. The Balaban J connectivity index is 0. The van der Waals surface area contributed by atoms with E-state index in [1.54, 1.807) is 6.92 Å². The van der Waals surface area contributed by atoms with Gasteiger partial charge in [-0.05, 0) is 5.92 Å². The third-order valence-electron chi connectivity index (χ3n) is 1.39. The molecular formula is C6H12O2Y. The Labute approximate surface area is 80.9 Å². The molecule has 9 heavy (non-hydrogen) atoms. The third kappa shape index (κ3) is 5.04. The van der Waals surface area contributed by atoms with Gasteiger partial charge in [-0.25, -0.2) is 0 Å². The molecule has 0 amide bonds. The molecule has 1 radical (unpaired) electrons. The molecule has 0 saturated heterocycles. The van der Waals surface area contributed by atoms with Crippen LogP contribution in [0, 0.1) is 11.8 Å². The zero-order chi connectivity index (χ0) is 6.73. The molecule has 0 aromatic carbocycles. The average molecular weight is 205 g/mol. The van der Waals surface area contributed by atoms with Gasteiger partial charge < -0.3 is 5.11 Å². The van der Waals surface area contributed by atoms with E-state index in [0.29, 0.717) is 0 Å². The first-order valence-electron chi connectivity index (χ1n) is 2.78. The number of carbonyl (C=O) groups is 1. The number of rotatable bonds is 2. The summed E-state index contributed by atoms with van der Waals surface area (Å²) in [7, 11) is 0. The maximum Gasteiger partial charge on any atom is 0.306 e. The molecule has 0 rings (SSSR count). The predicted octanol–water partition coefficient (Wildman–Crippen LogP) is 1.36. The van der Waals surface area contributed by atoms with Crippen LogP contribution in [0.25, 0.3) is 0 Å². The predicted molar refractivity (Wildman–Crippen MR) is 31.6 cm³/mol. The third-order valence-corrected chi connectivity index (χ3v) is 1.39. The molecule has 3 heteroatoms. The van der Waals surface area contributed by atoms with Crippen molar-refractivity contribution in [2.24, 2.45) is 11.8 Å². The van der Waals surface area contributed by atoms with Gasteiger partial charge in [0.2, 0.25) is 0 Å². The zero-order valence-electron chi connectivity index (χ0n) is 6.09. The number of carboxylic acid groups (broad SMARTS) is 1. The normalized spacial score (nSPS) is 12.4. The monoisotopic (exact) mass is 205 g/mol. The van der Waals surface area contributed by atoms with Gasteiger partial charge in [0.05, 0.1) is 5.92 Å². The van der Waals surface area contributed by atoms with E-state index >= 15 is 0 Å². The second kappa shape index (κ2) is 5.37. The Morgan fingerprint density at radius 3 is 1.67 bits per heavy atom. The van der Waals surface area contributed by atoms with Gasteiger partial charge in [-0.1, -0.05) is 20.8 Å². The largest absolute Gasteiger partial charge is 0.481 e. The van der Waals surface area contributed by atoms with Gasteiger partial charge in [0.1, 0.15) is 0 Å². The Bertz CT molecular complexity index is 91.1. The van der Waals surface area contributed by atoms with Crippen molar-refractivity contribution in [3.05, 3.63) is 0 Å². The Morgan fingerprint density at radius 2 is 1.67 bits per heavy atom. The van der Waals surface area contributed by atoms with E-state index in [4.69, 9.17) is 5.11 Å². The van der Waals surface area contributed by atoms with Crippen LogP contribution in [0.1, 0.15) is 20.8 Å². The van der Waals surface area contributed by atoms with Gasteiger partial charge in [0, 0.05) is 32.7 Å².